The van der Waals surface area contributed by atoms with Crippen molar-refractivity contribution in [2.24, 2.45) is 5.92 Å². The number of anilines is 2. The Balaban J connectivity index is 1.37. The minimum Gasteiger partial charge on any atom is -0.364 e. The van der Waals surface area contributed by atoms with Crippen LogP contribution in [0.15, 0.2) is 54.7 Å². The number of benzene rings is 2. The van der Waals surface area contributed by atoms with E-state index in [4.69, 9.17) is 0 Å². The lowest BCUT2D eigenvalue weighted by molar-refractivity contribution is -0.116. The number of nitrogens with zero attached hydrogens (tertiary/aromatic N) is 1. The summed E-state index contributed by atoms with van der Waals surface area (Å²) in [5.41, 5.74) is 3.39. The number of hydrogen-bond donors (Lipinski definition) is 3. The molecule has 1 aliphatic rings. The molecule has 0 bridgehead atoms. The number of nitrogens with one attached hydrogen (secondary N) is 3. The summed E-state index contributed by atoms with van der Waals surface area (Å²) in [7, 11) is 0. The Hall–Kier alpha value is -3.28. The van der Waals surface area contributed by atoms with E-state index in [0.29, 0.717) is 24.9 Å². The van der Waals surface area contributed by atoms with E-state index in [9.17, 15) is 9.59 Å². The molecule has 4 rings (SSSR count). The first-order valence-electron chi connectivity index (χ1n) is 10.1. The van der Waals surface area contributed by atoms with Crippen LogP contribution < -0.4 is 10.6 Å². The average molecular weight is 390 g/mol. The molecule has 6 heteroatoms. The Morgan fingerprint density at radius 3 is 2.83 bits per heavy atom. The lowest BCUT2D eigenvalue weighted by Gasteiger charge is -2.40. The van der Waals surface area contributed by atoms with Crippen molar-refractivity contribution in [2.75, 3.05) is 17.2 Å². The number of amides is 2. The third-order valence-corrected chi connectivity index (χ3v) is 5.33. The second-order valence-electron chi connectivity index (χ2n) is 7.81. The normalized spacial score (nSPS) is 16.0. The number of H-pyrrole nitrogens is 1. The van der Waals surface area contributed by atoms with E-state index in [1.54, 1.807) is 0 Å². The second kappa shape index (κ2) is 7.99. The Bertz CT molecular complexity index is 1040. The summed E-state index contributed by atoms with van der Waals surface area (Å²) >= 11 is 0. The molecule has 150 valence electrons. The van der Waals surface area contributed by atoms with Gasteiger partial charge in [-0.05, 0) is 48.7 Å². The van der Waals surface area contributed by atoms with E-state index in [2.05, 4.69) is 29.5 Å². The first kappa shape index (κ1) is 19.1. The van der Waals surface area contributed by atoms with Gasteiger partial charge < -0.3 is 20.5 Å². The second-order valence-corrected chi connectivity index (χ2v) is 7.81. The van der Waals surface area contributed by atoms with Gasteiger partial charge in [0.25, 0.3) is 5.91 Å². The number of fused-ring (bicyclic) bond motifs is 2. The predicted octanol–water partition coefficient (Wildman–Crippen LogP) is 4.44. The van der Waals surface area contributed by atoms with Gasteiger partial charge in [-0.3, -0.25) is 9.59 Å². The van der Waals surface area contributed by atoms with Gasteiger partial charge in [-0.25, -0.2) is 0 Å². The van der Waals surface area contributed by atoms with Crippen molar-refractivity contribution >= 4 is 34.1 Å². The summed E-state index contributed by atoms with van der Waals surface area (Å²) in [6.07, 6.45) is 2.78. The highest BCUT2D eigenvalue weighted by Crippen LogP contribution is 2.28. The van der Waals surface area contributed by atoms with E-state index in [1.807, 2.05) is 59.6 Å². The highest BCUT2D eigenvalue weighted by molar-refractivity contribution is 6.01. The van der Waals surface area contributed by atoms with Gasteiger partial charge in [0.05, 0.1) is 5.56 Å². The van der Waals surface area contributed by atoms with Crippen LogP contribution in [0.1, 0.15) is 37.0 Å². The summed E-state index contributed by atoms with van der Waals surface area (Å²) in [6.45, 7) is 4.72. The number of para-hydroxylation sites is 1. The monoisotopic (exact) mass is 390 g/mol. The number of carbonyl (C=O) groups is 2. The molecule has 1 aromatic heterocycles. The van der Waals surface area contributed by atoms with Crippen LogP contribution in [-0.4, -0.2) is 34.4 Å². The van der Waals surface area contributed by atoms with Crippen molar-refractivity contribution in [2.45, 2.75) is 32.9 Å². The van der Waals surface area contributed by atoms with Crippen molar-refractivity contribution in [1.29, 1.82) is 0 Å². The average Bonchev–Trinajstić information content (AvgIpc) is 3.17. The summed E-state index contributed by atoms with van der Waals surface area (Å²) in [5, 5.41) is 7.48. The van der Waals surface area contributed by atoms with Gasteiger partial charge >= 0.3 is 0 Å². The molecule has 0 spiro atoms. The quantitative estimate of drug-likeness (QED) is 0.582. The Morgan fingerprint density at radius 2 is 2.00 bits per heavy atom. The minimum absolute atomic E-state index is 0.0244. The predicted molar refractivity (Wildman–Crippen MR) is 116 cm³/mol. The summed E-state index contributed by atoms with van der Waals surface area (Å²) in [4.78, 5) is 30.4. The van der Waals surface area contributed by atoms with Crippen LogP contribution in [0.2, 0.25) is 0 Å². The first-order valence-corrected chi connectivity index (χ1v) is 10.1. The lowest BCUT2D eigenvalue weighted by atomic mass is 10.0. The molecule has 1 unspecified atom stereocenters. The molecule has 29 heavy (non-hydrogen) atoms. The number of hydrogen-bond acceptors (Lipinski definition) is 3. The third-order valence-electron chi connectivity index (χ3n) is 5.33. The molecule has 3 N–H and O–H groups in total. The number of carbonyl (C=O) groups excluding carboxylic acids is 2. The Labute approximate surface area is 170 Å². The first-order chi connectivity index (χ1) is 14.0. The maximum absolute atomic E-state index is 13.0. The van der Waals surface area contributed by atoms with Crippen LogP contribution in [0.25, 0.3) is 10.9 Å². The van der Waals surface area contributed by atoms with Crippen LogP contribution in [0.5, 0.6) is 0 Å². The Morgan fingerprint density at radius 1 is 1.17 bits per heavy atom. The maximum atomic E-state index is 13.0. The van der Waals surface area contributed by atoms with Crippen LogP contribution in [-0.2, 0) is 4.79 Å². The molecule has 0 saturated carbocycles. The van der Waals surface area contributed by atoms with E-state index in [1.165, 1.54) is 0 Å². The van der Waals surface area contributed by atoms with Gasteiger partial charge in [-0.15, -0.1) is 0 Å². The third kappa shape index (κ3) is 3.97. The summed E-state index contributed by atoms with van der Waals surface area (Å²) in [6, 6.07) is 15.4. The fraction of sp³-hybridized carbons (Fsp3) is 0.304. The standard InChI is InChI=1S/C23H26N4O2/c1-15(2)22-26-20-7-4-3-6-18(20)23(29)27(22)13-5-8-21(28)25-17-9-10-19-16(14-17)11-12-24-19/h3-4,6-7,9-12,14-15,22,24,26H,5,8,13H2,1-2H3,(H,25,28). The SMILES string of the molecule is CC(C)C1Nc2ccccc2C(=O)N1CCCC(=O)Nc1ccc2[nH]ccc2c1. The lowest BCUT2D eigenvalue weighted by Crippen LogP contribution is -2.51. The number of aromatic nitrogens is 1. The molecule has 2 heterocycles. The highest BCUT2D eigenvalue weighted by Gasteiger charge is 2.33. The van der Waals surface area contributed by atoms with Gasteiger partial charge in [0, 0.05) is 41.4 Å². The van der Waals surface area contributed by atoms with E-state index in [0.717, 1.165) is 22.3 Å². The highest BCUT2D eigenvalue weighted by atomic mass is 16.2. The fourth-order valence-electron chi connectivity index (χ4n) is 3.85. The van der Waals surface area contributed by atoms with Gasteiger partial charge in [0.15, 0.2) is 0 Å². The molecule has 0 radical (unpaired) electrons. The van der Waals surface area contributed by atoms with Gasteiger partial charge in [-0.1, -0.05) is 26.0 Å². The van der Waals surface area contributed by atoms with Crippen molar-refractivity contribution in [1.82, 2.24) is 9.88 Å². The fourth-order valence-corrected chi connectivity index (χ4v) is 3.85. The van der Waals surface area contributed by atoms with Gasteiger partial charge in [-0.2, -0.15) is 0 Å². The molecule has 0 aliphatic carbocycles. The zero-order chi connectivity index (χ0) is 20.4. The molecule has 6 nitrogen and oxygen atoms in total. The molecule has 1 atom stereocenters. The smallest absolute Gasteiger partial charge is 0.257 e. The van der Waals surface area contributed by atoms with E-state index in [-0.39, 0.29) is 23.9 Å². The summed E-state index contributed by atoms with van der Waals surface area (Å²) in [5.74, 6) is 0.240. The van der Waals surface area contributed by atoms with Crippen LogP contribution in [0.3, 0.4) is 0 Å². The zero-order valence-corrected chi connectivity index (χ0v) is 16.7. The number of rotatable bonds is 6. The molecule has 0 saturated heterocycles. The van der Waals surface area contributed by atoms with E-state index < -0.39 is 0 Å². The Kier molecular flexibility index (Phi) is 5.25. The topological polar surface area (TPSA) is 77.2 Å². The maximum Gasteiger partial charge on any atom is 0.257 e. The molecular formula is C23H26N4O2. The van der Waals surface area contributed by atoms with Crippen LogP contribution in [0, 0.1) is 5.92 Å². The van der Waals surface area contributed by atoms with E-state index >= 15 is 0 Å². The van der Waals surface area contributed by atoms with Crippen molar-refractivity contribution < 1.29 is 9.59 Å². The van der Waals surface area contributed by atoms with Crippen molar-refractivity contribution in [3.63, 3.8) is 0 Å². The van der Waals surface area contributed by atoms with Crippen molar-refractivity contribution in [3.8, 4) is 0 Å². The number of aromatic amines is 1. The molecule has 2 amide bonds. The molecule has 1 aliphatic heterocycles. The van der Waals surface area contributed by atoms with Gasteiger partial charge in [0.1, 0.15) is 6.17 Å². The molecule has 3 aromatic rings. The zero-order valence-electron chi connectivity index (χ0n) is 16.7. The minimum atomic E-state index is -0.0727. The van der Waals surface area contributed by atoms with Crippen molar-refractivity contribution in [3.05, 3.63) is 60.3 Å². The molecule has 0 fully saturated rings. The van der Waals surface area contributed by atoms with Gasteiger partial charge in [0.2, 0.25) is 5.91 Å². The summed E-state index contributed by atoms with van der Waals surface area (Å²) < 4.78 is 0. The molecule has 2 aromatic carbocycles. The largest absolute Gasteiger partial charge is 0.364 e. The molecular weight excluding hydrogens is 364 g/mol. The van der Waals surface area contributed by atoms with Crippen LogP contribution in [0.4, 0.5) is 11.4 Å². The van der Waals surface area contributed by atoms with Crippen LogP contribution >= 0.6 is 0 Å².